The fraction of sp³-hybridized carbons (Fsp3) is 1.00. The van der Waals surface area contributed by atoms with Gasteiger partial charge >= 0.3 is 0 Å². The molecule has 84 valence electrons. The Hall–Kier alpha value is 0.270. The van der Waals surface area contributed by atoms with E-state index in [2.05, 4.69) is 24.1 Å². The Morgan fingerprint density at radius 2 is 2.07 bits per heavy atom. The molecule has 0 aliphatic carbocycles. The fourth-order valence-corrected chi connectivity index (χ4v) is 2.49. The van der Waals surface area contributed by atoms with Crippen LogP contribution >= 0.6 is 11.8 Å². The van der Waals surface area contributed by atoms with E-state index in [9.17, 15) is 0 Å². The van der Waals surface area contributed by atoms with Crippen molar-refractivity contribution < 1.29 is 0 Å². The summed E-state index contributed by atoms with van der Waals surface area (Å²) in [6, 6.07) is 0.726. The first-order chi connectivity index (χ1) is 6.84. The number of hydrogen-bond donors (Lipinski definition) is 1. The van der Waals surface area contributed by atoms with Crippen molar-refractivity contribution in [1.29, 1.82) is 0 Å². The van der Waals surface area contributed by atoms with Crippen LogP contribution in [0.25, 0.3) is 0 Å². The van der Waals surface area contributed by atoms with E-state index in [0.29, 0.717) is 0 Å². The lowest BCUT2D eigenvalue weighted by Gasteiger charge is -2.23. The van der Waals surface area contributed by atoms with Crippen LogP contribution in [0.4, 0.5) is 0 Å². The predicted molar refractivity (Wildman–Crippen MR) is 66.1 cm³/mol. The van der Waals surface area contributed by atoms with Crippen LogP contribution in [0.15, 0.2) is 0 Å². The molecule has 14 heavy (non-hydrogen) atoms. The number of rotatable bonds is 7. The van der Waals surface area contributed by atoms with E-state index < -0.39 is 0 Å². The van der Waals surface area contributed by atoms with Gasteiger partial charge in [0.05, 0.1) is 0 Å². The summed E-state index contributed by atoms with van der Waals surface area (Å²) in [6.45, 7) is 9.50. The Morgan fingerprint density at radius 3 is 2.71 bits per heavy atom. The van der Waals surface area contributed by atoms with Crippen LogP contribution < -0.4 is 5.32 Å². The molecule has 3 heteroatoms. The quantitative estimate of drug-likeness (QED) is 0.654. The second-order valence-electron chi connectivity index (χ2n) is 3.99. The van der Waals surface area contributed by atoms with Crippen LogP contribution in [0.1, 0.15) is 26.7 Å². The predicted octanol–water partition coefficient (Wildman–Crippen LogP) is 1.81. The molecule has 1 atom stereocenters. The van der Waals surface area contributed by atoms with Gasteiger partial charge in [-0.1, -0.05) is 6.92 Å². The van der Waals surface area contributed by atoms with E-state index in [0.717, 1.165) is 19.1 Å². The zero-order valence-electron chi connectivity index (χ0n) is 9.59. The summed E-state index contributed by atoms with van der Waals surface area (Å²) in [7, 11) is 0. The zero-order valence-corrected chi connectivity index (χ0v) is 10.4. The number of nitrogens with zero attached hydrogens (tertiary/aromatic N) is 1. The van der Waals surface area contributed by atoms with Crippen LogP contribution in [0, 0.1) is 0 Å². The molecular formula is C11H24N2S. The topological polar surface area (TPSA) is 15.3 Å². The monoisotopic (exact) mass is 216 g/mol. The van der Waals surface area contributed by atoms with Gasteiger partial charge in [0.25, 0.3) is 0 Å². The first kappa shape index (κ1) is 12.3. The molecule has 1 fully saturated rings. The molecule has 1 aliphatic rings. The summed E-state index contributed by atoms with van der Waals surface area (Å²) in [4.78, 5) is 2.60. The van der Waals surface area contributed by atoms with E-state index in [4.69, 9.17) is 0 Å². The Labute approximate surface area is 92.8 Å². The molecule has 0 bridgehead atoms. The molecule has 0 amide bonds. The minimum atomic E-state index is 0.726. The van der Waals surface area contributed by atoms with Crippen molar-refractivity contribution in [3.05, 3.63) is 0 Å². The van der Waals surface area contributed by atoms with Gasteiger partial charge in [-0.2, -0.15) is 11.8 Å². The Bertz CT molecular complexity index is 135. The second kappa shape index (κ2) is 7.55. The second-order valence-corrected chi connectivity index (χ2v) is 5.39. The smallest absolute Gasteiger partial charge is 0.0192 e. The molecule has 1 heterocycles. The highest BCUT2D eigenvalue weighted by Crippen LogP contribution is 2.10. The maximum atomic E-state index is 3.53. The normalized spacial score (nSPS) is 20.1. The van der Waals surface area contributed by atoms with Crippen LogP contribution in [0.2, 0.25) is 0 Å². The van der Waals surface area contributed by atoms with Gasteiger partial charge in [-0.25, -0.2) is 0 Å². The van der Waals surface area contributed by atoms with Gasteiger partial charge in [0.1, 0.15) is 0 Å². The average Bonchev–Trinajstić information content (AvgIpc) is 2.70. The molecule has 2 nitrogen and oxygen atoms in total. The largest absolute Gasteiger partial charge is 0.314 e. The molecule has 1 saturated heterocycles. The first-order valence-electron chi connectivity index (χ1n) is 5.87. The van der Waals surface area contributed by atoms with Gasteiger partial charge in [0.2, 0.25) is 0 Å². The van der Waals surface area contributed by atoms with Crippen molar-refractivity contribution in [3.63, 3.8) is 0 Å². The third-order valence-electron chi connectivity index (χ3n) is 2.83. The van der Waals surface area contributed by atoms with E-state index in [-0.39, 0.29) is 0 Å². The van der Waals surface area contributed by atoms with Gasteiger partial charge in [0.15, 0.2) is 0 Å². The van der Waals surface area contributed by atoms with Crippen LogP contribution in [0.5, 0.6) is 0 Å². The molecule has 1 aliphatic heterocycles. The van der Waals surface area contributed by atoms with Crippen molar-refractivity contribution >= 4 is 11.8 Å². The van der Waals surface area contributed by atoms with Crippen LogP contribution in [-0.4, -0.2) is 48.6 Å². The number of nitrogens with one attached hydrogen (secondary N) is 1. The minimum absolute atomic E-state index is 0.726. The number of likely N-dealkylation sites (tertiary alicyclic amines) is 1. The van der Waals surface area contributed by atoms with Crippen molar-refractivity contribution in [2.75, 3.05) is 37.7 Å². The SMILES string of the molecule is CCSCCNCC(C)N1CCCC1. The first-order valence-corrected chi connectivity index (χ1v) is 7.02. The summed E-state index contributed by atoms with van der Waals surface area (Å²) in [5, 5.41) is 3.53. The molecule has 0 aromatic heterocycles. The highest BCUT2D eigenvalue weighted by molar-refractivity contribution is 7.99. The van der Waals surface area contributed by atoms with Crippen molar-refractivity contribution in [3.8, 4) is 0 Å². The fourth-order valence-electron chi connectivity index (χ4n) is 1.91. The Kier molecular flexibility index (Phi) is 6.65. The van der Waals surface area contributed by atoms with E-state index in [1.165, 1.54) is 37.4 Å². The maximum Gasteiger partial charge on any atom is 0.0192 e. The van der Waals surface area contributed by atoms with Crippen molar-refractivity contribution in [2.45, 2.75) is 32.7 Å². The lowest BCUT2D eigenvalue weighted by Crippen LogP contribution is -2.39. The van der Waals surface area contributed by atoms with Gasteiger partial charge < -0.3 is 5.32 Å². The lowest BCUT2D eigenvalue weighted by atomic mass is 10.3. The third-order valence-corrected chi connectivity index (χ3v) is 3.73. The molecular weight excluding hydrogens is 192 g/mol. The number of thioether (sulfide) groups is 1. The van der Waals surface area contributed by atoms with Gasteiger partial charge in [0, 0.05) is 24.9 Å². The molecule has 1 rings (SSSR count). The maximum absolute atomic E-state index is 3.53. The molecule has 0 saturated carbocycles. The Morgan fingerprint density at radius 1 is 1.36 bits per heavy atom. The Balaban J connectivity index is 1.94. The van der Waals surface area contributed by atoms with Gasteiger partial charge in [-0.05, 0) is 38.6 Å². The molecule has 0 radical (unpaired) electrons. The van der Waals surface area contributed by atoms with Crippen LogP contribution in [0.3, 0.4) is 0 Å². The summed E-state index contributed by atoms with van der Waals surface area (Å²) in [6.07, 6.45) is 2.80. The van der Waals surface area contributed by atoms with Crippen LogP contribution in [-0.2, 0) is 0 Å². The molecule has 0 aromatic rings. The summed E-state index contributed by atoms with van der Waals surface area (Å²) >= 11 is 2.02. The third kappa shape index (κ3) is 4.67. The number of hydrogen-bond acceptors (Lipinski definition) is 3. The summed E-state index contributed by atoms with van der Waals surface area (Å²) in [5.41, 5.74) is 0. The zero-order chi connectivity index (χ0) is 10.2. The lowest BCUT2D eigenvalue weighted by molar-refractivity contribution is 0.253. The molecule has 0 spiro atoms. The minimum Gasteiger partial charge on any atom is -0.314 e. The van der Waals surface area contributed by atoms with Crippen molar-refractivity contribution in [2.24, 2.45) is 0 Å². The summed E-state index contributed by atoms with van der Waals surface area (Å²) < 4.78 is 0. The van der Waals surface area contributed by atoms with Gasteiger partial charge in [-0.3, -0.25) is 4.90 Å². The van der Waals surface area contributed by atoms with Crippen molar-refractivity contribution in [1.82, 2.24) is 10.2 Å². The standard InChI is InChI=1S/C11H24N2S/c1-3-14-9-6-12-10-11(2)13-7-4-5-8-13/h11-12H,3-10H2,1-2H3. The molecule has 1 N–H and O–H groups in total. The average molecular weight is 216 g/mol. The van der Waals surface area contributed by atoms with E-state index in [1.54, 1.807) is 0 Å². The highest BCUT2D eigenvalue weighted by atomic mass is 32.2. The van der Waals surface area contributed by atoms with Gasteiger partial charge in [-0.15, -0.1) is 0 Å². The highest BCUT2D eigenvalue weighted by Gasteiger charge is 2.16. The summed E-state index contributed by atoms with van der Waals surface area (Å²) in [5.74, 6) is 2.49. The molecule has 1 unspecified atom stereocenters. The van der Waals surface area contributed by atoms with E-state index in [1.807, 2.05) is 11.8 Å². The van der Waals surface area contributed by atoms with E-state index >= 15 is 0 Å². The molecule has 0 aromatic carbocycles.